The Hall–Kier alpha value is -1.89. The maximum Gasteiger partial charge on any atom is 0.243 e. The highest BCUT2D eigenvalue weighted by Crippen LogP contribution is 2.26. The fourth-order valence-corrected chi connectivity index (χ4v) is 4.96. The van der Waals surface area contributed by atoms with Gasteiger partial charge in [0.1, 0.15) is 0 Å². The van der Waals surface area contributed by atoms with E-state index in [9.17, 15) is 13.2 Å². The Morgan fingerprint density at radius 1 is 1.10 bits per heavy atom. The van der Waals surface area contributed by atoms with Gasteiger partial charge in [-0.1, -0.05) is 36.7 Å². The number of carbonyl (C=O) groups excluding carboxylic acids is 1. The highest BCUT2D eigenvalue weighted by molar-refractivity contribution is 7.89. The van der Waals surface area contributed by atoms with Crippen molar-refractivity contribution in [1.82, 2.24) is 9.62 Å². The summed E-state index contributed by atoms with van der Waals surface area (Å²) in [4.78, 5) is 12.7. The molecule has 2 aromatic carbocycles. The average Bonchev–Trinajstić information content (AvgIpc) is 2.72. The number of benzene rings is 2. The number of carbonyl (C=O) groups is 1. The van der Waals surface area contributed by atoms with Crippen LogP contribution < -0.4 is 5.32 Å². The van der Waals surface area contributed by atoms with Gasteiger partial charge in [-0.25, -0.2) is 8.42 Å². The summed E-state index contributed by atoms with van der Waals surface area (Å²) in [5.41, 5.74) is 3.84. The molecule has 1 aliphatic carbocycles. The summed E-state index contributed by atoms with van der Waals surface area (Å²) in [5.74, 6) is -0.324. The lowest BCUT2D eigenvalue weighted by atomic mass is 9.89. The first-order valence-corrected chi connectivity index (χ1v) is 11.8. The molecule has 5 nitrogen and oxygen atoms in total. The number of sulfonamides is 1. The van der Waals surface area contributed by atoms with Crippen molar-refractivity contribution < 1.29 is 13.2 Å². The van der Waals surface area contributed by atoms with Crippen molar-refractivity contribution in [3.63, 3.8) is 0 Å². The minimum absolute atomic E-state index is 0.110. The fourth-order valence-electron chi connectivity index (χ4n) is 3.70. The molecule has 1 aliphatic rings. The quantitative estimate of drug-likeness (QED) is 0.713. The first kappa shape index (κ1) is 21.8. The van der Waals surface area contributed by atoms with E-state index in [2.05, 4.69) is 23.5 Å². The third-order valence-electron chi connectivity index (χ3n) is 5.41. The molecule has 7 heteroatoms. The Morgan fingerprint density at radius 3 is 2.41 bits per heavy atom. The van der Waals surface area contributed by atoms with Gasteiger partial charge in [-0.05, 0) is 73.1 Å². The molecular weight excluding hydrogens is 408 g/mol. The van der Waals surface area contributed by atoms with E-state index in [0.29, 0.717) is 5.02 Å². The Bertz CT molecular complexity index is 974. The van der Waals surface area contributed by atoms with Gasteiger partial charge in [0, 0.05) is 12.1 Å². The SMILES string of the molecule is CCC(NC(=O)CN(C)S(=O)(=O)c1ccc(Cl)cc1)c1ccc2c(c1)CCCC2. The largest absolute Gasteiger partial charge is 0.348 e. The third-order valence-corrected chi connectivity index (χ3v) is 7.48. The molecule has 2 aromatic rings. The smallest absolute Gasteiger partial charge is 0.243 e. The van der Waals surface area contributed by atoms with Gasteiger partial charge >= 0.3 is 0 Å². The minimum atomic E-state index is -3.76. The van der Waals surface area contributed by atoms with Crippen molar-refractivity contribution in [3.05, 3.63) is 64.2 Å². The van der Waals surface area contributed by atoms with E-state index in [1.807, 2.05) is 6.92 Å². The number of likely N-dealkylation sites (N-methyl/N-ethyl adjacent to an activating group) is 1. The van der Waals surface area contributed by atoms with Gasteiger partial charge in [-0.15, -0.1) is 0 Å². The average molecular weight is 435 g/mol. The minimum Gasteiger partial charge on any atom is -0.348 e. The van der Waals surface area contributed by atoms with E-state index >= 15 is 0 Å². The Balaban J connectivity index is 1.67. The molecule has 0 radical (unpaired) electrons. The molecule has 0 aliphatic heterocycles. The van der Waals surface area contributed by atoms with E-state index in [1.54, 1.807) is 0 Å². The number of fused-ring (bicyclic) bond motifs is 1. The molecule has 0 saturated carbocycles. The van der Waals surface area contributed by atoms with Crippen molar-refractivity contribution in [2.24, 2.45) is 0 Å². The lowest BCUT2D eigenvalue weighted by molar-refractivity contribution is -0.121. The number of nitrogens with zero attached hydrogens (tertiary/aromatic N) is 1. The predicted octanol–water partition coefficient (Wildman–Crippen LogP) is 4.11. The van der Waals surface area contributed by atoms with E-state index in [-0.39, 0.29) is 23.4 Å². The van der Waals surface area contributed by atoms with E-state index < -0.39 is 10.0 Å². The van der Waals surface area contributed by atoms with E-state index in [0.717, 1.165) is 29.1 Å². The van der Waals surface area contributed by atoms with Gasteiger partial charge in [0.2, 0.25) is 15.9 Å². The molecule has 1 atom stereocenters. The first-order chi connectivity index (χ1) is 13.8. The van der Waals surface area contributed by atoms with Crippen molar-refractivity contribution in [2.75, 3.05) is 13.6 Å². The van der Waals surface area contributed by atoms with Gasteiger partial charge < -0.3 is 5.32 Å². The topological polar surface area (TPSA) is 66.5 Å². The standard InChI is InChI=1S/C22H27ClN2O3S/c1-3-21(18-9-8-16-6-4-5-7-17(16)14-18)24-22(26)15-25(2)29(27,28)20-12-10-19(23)11-13-20/h8-14,21H,3-7,15H2,1-2H3,(H,24,26). The monoisotopic (exact) mass is 434 g/mol. The Morgan fingerprint density at radius 2 is 1.76 bits per heavy atom. The lowest BCUT2D eigenvalue weighted by Crippen LogP contribution is -2.39. The number of aryl methyl sites for hydroxylation is 2. The Labute approximate surface area is 178 Å². The maximum atomic E-state index is 12.7. The maximum absolute atomic E-state index is 12.7. The molecule has 0 fully saturated rings. The van der Waals surface area contributed by atoms with Crippen molar-refractivity contribution in [1.29, 1.82) is 0 Å². The number of amides is 1. The van der Waals surface area contributed by atoms with Crippen LogP contribution in [0.25, 0.3) is 0 Å². The van der Waals surface area contributed by atoms with Crippen LogP contribution >= 0.6 is 11.6 Å². The van der Waals surface area contributed by atoms with Crippen LogP contribution in [0.3, 0.4) is 0 Å². The number of hydrogen-bond acceptors (Lipinski definition) is 3. The summed E-state index contributed by atoms with van der Waals surface area (Å²) in [5, 5.41) is 3.45. The predicted molar refractivity (Wildman–Crippen MR) is 116 cm³/mol. The highest BCUT2D eigenvalue weighted by atomic mass is 35.5. The molecule has 3 rings (SSSR count). The summed E-state index contributed by atoms with van der Waals surface area (Å²) in [7, 11) is -2.35. The zero-order valence-corrected chi connectivity index (χ0v) is 18.4. The van der Waals surface area contributed by atoms with Gasteiger partial charge in [-0.2, -0.15) is 4.31 Å². The molecule has 0 bridgehead atoms. The molecule has 1 N–H and O–H groups in total. The van der Waals surface area contributed by atoms with Crippen LogP contribution in [0.15, 0.2) is 47.4 Å². The van der Waals surface area contributed by atoms with Crippen LogP contribution in [-0.2, 0) is 27.7 Å². The second-order valence-electron chi connectivity index (χ2n) is 7.48. The van der Waals surface area contributed by atoms with Crippen molar-refractivity contribution in [2.45, 2.75) is 50.0 Å². The van der Waals surface area contributed by atoms with Crippen LogP contribution in [-0.4, -0.2) is 32.2 Å². The van der Waals surface area contributed by atoms with Crippen molar-refractivity contribution >= 4 is 27.5 Å². The zero-order valence-electron chi connectivity index (χ0n) is 16.8. The molecule has 29 heavy (non-hydrogen) atoms. The molecule has 0 saturated heterocycles. The van der Waals surface area contributed by atoms with Crippen LogP contribution in [0.2, 0.25) is 5.02 Å². The molecular formula is C22H27ClN2O3S. The molecule has 0 heterocycles. The Kier molecular flexibility index (Phi) is 6.98. The summed E-state index contributed by atoms with van der Waals surface area (Å²) < 4.78 is 26.4. The van der Waals surface area contributed by atoms with E-state index in [1.165, 1.54) is 55.3 Å². The van der Waals surface area contributed by atoms with Crippen LogP contribution in [0, 0.1) is 0 Å². The normalized spacial score (nSPS) is 15.0. The summed E-state index contributed by atoms with van der Waals surface area (Å²) >= 11 is 5.83. The number of halogens is 1. The molecule has 1 unspecified atom stereocenters. The first-order valence-electron chi connectivity index (χ1n) is 9.94. The van der Waals surface area contributed by atoms with Gasteiger partial charge in [0.25, 0.3) is 0 Å². The lowest BCUT2D eigenvalue weighted by Gasteiger charge is -2.23. The number of nitrogens with one attached hydrogen (secondary N) is 1. The molecule has 0 spiro atoms. The van der Waals surface area contributed by atoms with E-state index in [4.69, 9.17) is 11.6 Å². The van der Waals surface area contributed by atoms with Crippen LogP contribution in [0.5, 0.6) is 0 Å². The fraction of sp³-hybridized carbons (Fsp3) is 0.409. The zero-order chi connectivity index (χ0) is 21.0. The summed E-state index contributed by atoms with van der Waals surface area (Å²) in [6.07, 6.45) is 5.36. The van der Waals surface area contributed by atoms with Crippen LogP contribution in [0.4, 0.5) is 0 Å². The second kappa shape index (κ2) is 9.28. The highest BCUT2D eigenvalue weighted by Gasteiger charge is 2.24. The number of hydrogen-bond donors (Lipinski definition) is 1. The van der Waals surface area contributed by atoms with Gasteiger partial charge in [0.15, 0.2) is 0 Å². The summed E-state index contributed by atoms with van der Waals surface area (Å²) in [6.45, 7) is 1.77. The van der Waals surface area contributed by atoms with Gasteiger partial charge in [0.05, 0.1) is 17.5 Å². The molecule has 1 amide bonds. The molecule has 0 aromatic heterocycles. The van der Waals surface area contributed by atoms with Crippen molar-refractivity contribution in [3.8, 4) is 0 Å². The second-order valence-corrected chi connectivity index (χ2v) is 9.96. The summed E-state index contributed by atoms with van der Waals surface area (Å²) in [6, 6.07) is 12.2. The van der Waals surface area contributed by atoms with Gasteiger partial charge in [-0.3, -0.25) is 4.79 Å². The number of rotatable bonds is 7. The third kappa shape index (κ3) is 5.18. The van der Waals surface area contributed by atoms with Crippen LogP contribution in [0.1, 0.15) is 48.9 Å². The molecule has 156 valence electrons.